The number of unbranched alkanes of at least 4 members (excludes halogenated alkanes) is 1. The van der Waals surface area contributed by atoms with Gasteiger partial charge in [0, 0.05) is 13.0 Å². The number of nitrogens with one attached hydrogen (secondary N) is 1. The molecule has 0 aromatic carbocycles. The summed E-state index contributed by atoms with van der Waals surface area (Å²) in [6, 6.07) is 0. The van der Waals surface area contributed by atoms with E-state index in [4.69, 9.17) is 18.0 Å². The van der Waals surface area contributed by atoms with Crippen molar-refractivity contribution in [2.24, 2.45) is 11.7 Å². The number of hydrogen-bond acceptors (Lipinski definition) is 2. The summed E-state index contributed by atoms with van der Waals surface area (Å²) < 4.78 is 0. The number of nitrogens with two attached hydrogens (primary N) is 1. The minimum Gasteiger partial charge on any atom is -0.393 e. The smallest absolute Gasteiger partial charge is 0.220 e. The SMILES string of the molecule is NC(=S)CCCCNC(=O)CC1CCCCCC1. The lowest BCUT2D eigenvalue weighted by Crippen LogP contribution is -2.26. The van der Waals surface area contributed by atoms with Crippen molar-refractivity contribution in [1.29, 1.82) is 0 Å². The normalized spacial score (nSPS) is 17.1. The average molecular weight is 270 g/mol. The van der Waals surface area contributed by atoms with Crippen molar-refractivity contribution in [3.63, 3.8) is 0 Å². The van der Waals surface area contributed by atoms with Crippen LogP contribution < -0.4 is 11.1 Å². The summed E-state index contributed by atoms with van der Waals surface area (Å²) in [4.78, 5) is 12.3. The first-order chi connectivity index (χ1) is 8.68. The number of amides is 1. The number of carbonyl (C=O) groups is 1. The van der Waals surface area contributed by atoms with Crippen LogP contribution in [0.15, 0.2) is 0 Å². The summed E-state index contributed by atoms with van der Waals surface area (Å²) in [5.74, 6) is 0.835. The second kappa shape index (κ2) is 9.31. The summed E-state index contributed by atoms with van der Waals surface area (Å²) in [5.41, 5.74) is 5.42. The van der Waals surface area contributed by atoms with Crippen molar-refractivity contribution in [3.05, 3.63) is 0 Å². The molecule has 3 N–H and O–H groups in total. The Bertz CT molecular complexity index is 261. The first-order valence-corrected chi connectivity index (χ1v) is 7.64. The van der Waals surface area contributed by atoms with Gasteiger partial charge in [0.05, 0.1) is 4.99 Å². The third-order valence-electron chi connectivity index (χ3n) is 3.62. The fraction of sp³-hybridized carbons (Fsp3) is 0.857. The molecule has 1 amide bonds. The van der Waals surface area contributed by atoms with Crippen LogP contribution in [0.4, 0.5) is 0 Å². The van der Waals surface area contributed by atoms with Gasteiger partial charge in [0.2, 0.25) is 5.91 Å². The molecular formula is C14H26N2OS. The van der Waals surface area contributed by atoms with Crippen LogP contribution in [0.3, 0.4) is 0 Å². The quantitative estimate of drug-likeness (QED) is 0.425. The molecule has 0 heterocycles. The van der Waals surface area contributed by atoms with E-state index < -0.39 is 0 Å². The van der Waals surface area contributed by atoms with Crippen LogP contribution in [0.25, 0.3) is 0 Å². The van der Waals surface area contributed by atoms with Gasteiger partial charge < -0.3 is 11.1 Å². The Morgan fingerprint density at radius 1 is 1.17 bits per heavy atom. The standard InChI is InChI=1S/C14H26N2OS/c15-13(18)9-5-6-10-16-14(17)11-12-7-3-1-2-4-8-12/h12H,1-11H2,(H2,15,18)(H,16,17). The van der Waals surface area contributed by atoms with Crippen LogP contribution in [0.2, 0.25) is 0 Å². The highest BCUT2D eigenvalue weighted by Gasteiger charge is 2.15. The zero-order valence-corrected chi connectivity index (χ0v) is 12.1. The van der Waals surface area contributed by atoms with Crippen LogP contribution in [0, 0.1) is 5.92 Å². The molecule has 0 atom stereocenters. The molecule has 0 radical (unpaired) electrons. The highest BCUT2D eigenvalue weighted by molar-refractivity contribution is 7.80. The Hall–Kier alpha value is -0.640. The molecular weight excluding hydrogens is 244 g/mol. The van der Waals surface area contributed by atoms with Gasteiger partial charge in [-0.2, -0.15) is 0 Å². The molecule has 1 saturated carbocycles. The molecule has 4 heteroatoms. The topological polar surface area (TPSA) is 55.1 Å². The van der Waals surface area contributed by atoms with E-state index in [0.29, 0.717) is 10.9 Å². The van der Waals surface area contributed by atoms with Gasteiger partial charge in [-0.25, -0.2) is 0 Å². The van der Waals surface area contributed by atoms with E-state index in [2.05, 4.69) is 5.32 Å². The van der Waals surface area contributed by atoms with Crippen molar-refractivity contribution >= 4 is 23.1 Å². The van der Waals surface area contributed by atoms with E-state index in [1.807, 2.05) is 0 Å². The van der Waals surface area contributed by atoms with Crippen molar-refractivity contribution in [3.8, 4) is 0 Å². The van der Waals surface area contributed by atoms with Gasteiger partial charge >= 0.3 is 0 Å². The Morgan fingerprint density at radius 2 is 1.83 bits per heavy atom. The zero-order valence-electron chi connectivity index (χ0n) is 11.2. The van der Waals surface area contributed by atoms with E-state index in [-0.39, 0.29) is 5.91 Å². The lowest BCUT2D eigenvalue weighted by atomic mass is 9.96. The van der Waals surface area contributed by atoms with Gasteiger partial charge in [-0.3, -0.25) is 4.79 Å². The minimum absolute atomic E-state index is 0.220. The summed E-state index contributed by atoms with van der Waals surface area (Å²) >= 11 is 4.81. The molecule has 0 spiro atoms. The molecule has 0 unspecified atom stereocenters. The Balaban J connectivity index is 2.03. The Labute approximate surface area is 116 Å². The summed E-state index contributed by atoms with van der Waals surface area (Å²) in [6.45, 7) is 0.758. The lowest BCUT2D eigenvalue weighted by Gasteiger charge is -2.13. The van der Waals surface area contributed by atoms with Gasteiger partial charge in [-0.1, -0.05) is 37.9 Å². The van der Waals surface area contributed by atoms with Gasteiger partial charge in [0.15, 0.2) is 0 Å². The first-order valence-electron chi connectivity index (χ1n) is 7.23. The molecule has 0 aromatic rings. The highest BCUT2D eigenvalue weighted by atomic mass is 32.1. The number of rotatable bonds is 7. The van der Waals surface area contributed by atoms with E-state index in [1.165, 1.54) is 38.5 Å². The molecule has 0 aliphatic heterocycles. The maximum atomic E-state index is 11.8. The second-order valence-electron chi connectivity index (χ2n) is 5.34. The van der Waals surface area contributed by atoms with Crippen LogP contribution >= 0.6 is 12.2 Å². The van der Waals surface area contributed by atoms with Crippen molar-refractivity contribution in [1.82, 2.24) is 5.32 Å². The third kappa shape index (κ3) is 7.64. The molecule has 3 nitrogen and oxygen atoms in total. The predicted molar refractivity (Wildman–Crippen MR) is 79.5 cm³/mol. The van der Waals surface area contributed by atoms with Crippen LogP contribution in [0.1, 0.15) is 64.2 Å². The fourth-order valence-electron chi connectivity index (χ4n) is 2.55. The Kier molecular flexibility index (Phi) is 7.98. The van der Waals surface area contributed by atoms with Gasteiger partial charge in [0.1, 0.15) is 0 Å². The highest BCUT2D eigenvalue weighted by Crippen LogP contribution is 2.25. The molecule has 1 fully saturated rings. The Morgan fingerprint density at radius 3 is 2.44 bits per heavy atom. The fourth-order valence-corrected chi connectivity index (χ4v) is 2.70. The maximum absolute atomic E-state index is 11.8. The van der Waals surface area contributed by atoms with E-state index in [9.17, 15) is 4.79 Å². The maximum Gasteiger partial charge on any atom is 0.220 e. The summed E-state index contributed by atoms with van der Waals surface area (Å²) in [7, 11) is 0. The van der Waals surface area contributed by atoms with Gasteiger partial charge in [-0.05, 0) is 38.0 Å². The number of hydrogen-bond donors (Lipinski definition) is 2. The molecule has 0 aromatic heterocycles. The molecule has 0 bridgehead atoms. The van der Waals surface area contributed by atoms with Crippen LogP contribution in [-0.2, 0) is 4.79 Å². The largest absolute Gasteiger partial charge is 0.393 e. The summed E-state index contributed by atoms with van der Waals surface area (Å²) in [5, 5.41) is 3.00. The van der Waals surface area contributed by atoms with Crippen molar-refractivity contribution in [2.75, 3.05) is 6.54 Å². The monoisotopic (exact) mass is 270 g/mol. The van der Waals surface area contributed by atoms with Crippen molar-refractivity contribution < 1.29 is 4.79 Å². The van der Waals surface area contributed by atoms with Crippen LogP contribution in [-0.4, -0.2) is 17.4 Å². The second-order valence-corrected chi connectivity index (χ2v) is 5.86. The summed E-state index contributed by atoms with van der Waals surface area (Å²) in [6.07, 6.45) is 11.2. The molecule has 1 aliphatic carbocycles. The minimum atomic E-state index is 0.220. The lowest BCUT2D eigenvalue weighted by molar-refractivity contribution is -0.122. The average Bonchev–Trinajstić information content (AvgIpc) is 2.56. The van der Waals surface area contributed by atoms with Crippen molar-refractivity contribution in [2.45, 2.75) is 64.2 Å². The van der Waals surface area contributed by atoms with E-state index in [0.717, 1.165) is 32.2 Å². The van der Waals surface area contributed by atoms with E-state index in [1.54, 1.807) is 0 Å². The molecule has 0 saturated heterocycles. The molecule has 1 rings (SSSR count). The van der Waals surface area contributed by atoms with Gasteiger partial charge in [0.25, 0.3) is 0 Å². The molecule has 18 heavy (non-hydrogen) atoms. The zero-order chi connectivity index (χ0) is 13.2. The molecule has 1 aliphatic rings. The van der Waals surface area contributed by atoms with Crippen LogP contribution in [0.5, 0.6) is 0 Å². The number of carbonyl (C=O) groups excluding carboxylic acids is 1. The molecule has 104 valence electrons. The predicted octanol–water partition coefficient (Wildman–Crippen LogP) is 2.92. The third-order valence-corrected chi connectivity index (χ3v) is 3.83. The van der Waals surface area contributed by atoms with E-state index >= 15 is 0 Å². The van der Waals surface area contributed by atoms with Gasteiger partial charge in [-0.15, -0.1) is 0 Å². The number of thiocarbonyl (C=S) groups is 1. The first kappa shape index (κ1) is 15.4.